The third-order valence-electron chi connectivity index (χ3n) is 3.02. The van der Waals surface area contributed by atoms with Gasteiger partial charge >= 0.3 is 5.97 Å². The molecule has 5 heteroatoms. The number of carbonyl (C=O) groups excluding carboxylic acids is 1. The minimum absolute atomic E-state index is 0.168. The standard InChI is InChI=1S/C16H25NO4/c1-5-19-8-9-20-10-13-6-7-14(15(17)12(13)4)16(18)21-11(2)3/h6-7,11H,5,8-10,17H2,1-4H3. The molecule has 0 bridgehead atoms. The van der Waals surface area contributed by atoms with Crippen molar-refractivity contribution in [2.45, 2.75) is 40.4 Å². The summed E-state index contributed by atoms with van der Waals surface area (Å²) in [7, 11) is 0. The van der Waals surface area contributed by atoms with E-state index in [1.54, 1.807) is 6.07 Å². The number of carbonyl (C=O) groups is 1. The van der Waals surface area contributed by atoms with Gasteiger partial charge in [-0.2, -0.15) is 0 Å². The molecule has 0 radical (unpaired) electrons. The molecule has 0 unspecified atom stereocenters. The van der Waals surface area contributed by atoms with Crippen molar-refractivity contribution in [1.82, 2.24) is 0 Å². The fourth-order valence-corrected chi connectivity index (χ4v) is 1.83. The molecule has 0 aliphatic heterocycles. The van der Waals surface area contributed by atoms with Gasteiger partial charge in [0.2, 0.25) is 0 Å². The zero-order chi connectivity index (χ0) is 15.8. The van der Waals surface area contributed by atoms with Crippen molar-refractivity contribution in [3.8, 4) is 0 Å². The Morgan fingerprint density at radius 1 is 1.24 bits per heavy atom. The number of anilines is 1. The molecule has 1 aromatic rings. The van der Waals surface area contributed by atoms with Crippen LogP contribution in [0.5, 0.6) is 0 Å². The summed E-state index contributed by atoms with van der Waals surface area (Å²) in [5, 5.41) is 0. The van der Waals surface area contributed by atoms with Crippen LogP contribution < -0.4 is 5.73 Å². The van der Waals surface area contributed by atoms with Gasteiger partial charge in [0.1, 0.15) is 0 Å². The van der Waals surface area contributed by atoms with E-state index in [0.29, 0.717) is 37.7 Å². The van der Waals surface area contributed by atoms with Crippen LogP contribution >= 0.6 is 0 Å². The van der Waals surface area contributed by atoms with Crippen LogP contribution in [0.1, 0.15) is 42.3 Å². The van der Waals surface area contributed by atoms with Crippen molar-refractivity contribution in [2.24, 2.45) is 0 Å². The summed E-state index contributed by atoms with van der Waals surface area (Å²) in [6, 6.07) is 3.54. The van der Waals surface area contributed by atoms with Crippen LogP contribution in [-0.2, 0) is 20.8 Å². The van der Waals surface area contributed by atoms with Crippen LogP contribution in [0.25, 0.3) is 0 Å². The first-order chi connectivity index (χ1) is 9.97. The Labute approximate surface area is 126 Å². The molecule has 0 aliphatic carbocycles. The second kappa shape index (κ2) is 8.64. The fraction of sp³-hybridized carbons (Fsp3) is 0.562. The van der Waals surface area contributed by atoms with Gasteiger partial charge in [0.15, 0.2) is 0 Å². The monoisotopic (exact) mass is 295 g/mol. The number of benzene rings is 1. The fourth-order valence-electron chi connectivity index (χ4n) is 1.83. The number of nitrogen functional groups attached to an aromatic ring is 1. The minimum atomic E-state index is -0.394. The van der Waals surface area contributed by atoms with Crippen LogP contribution in [0, 0.1) is 6.92 Å². The average Bonchev–Trinajstić information content (AvgIpc) is 2.42. The Balaban J connectivity index is 2.69. The quantitative estimate of drug-likeness (QED) is 0.453. The highest BCUT2D eigenvalue weighted by Gasteiger charge is 2.16. The first kappa shape index (κ1) is 17.5. The molecule has 21 heavy (non-hydrogen) atoms. The van der Waals surface area contributed by atoms with Crippen LogP contribution in [-0.4, -0.2) is 31.9 Å². The summed E-state index contributed by atoms with van der Waals surface area (Å²) in [5.41, 5.74) is 8.70. The van der Waals surface area contributed by atoms with Crippen molar-refractivity contribution >= 4 is 11.7 Å². The Bertz CT molecular complexity index is 472. The van der Waals surface area contributed by atoms with E-state index in [0.717, 1.165) is 11.1 Å². The molecule has 2 N–H and O–H groups in total. The average molecular weight is 295 g/mol. The van der Waals surface area contributed by atoms with Crippen LogP contribution in [0.4, 0.5) is 5.69 Å². The van der Waals surface area contributed by atoms with Gasteiger partial charge in [-0.05, 0) is 44.9 Å². The molecule has 0 spiro atoms. The summed E-state index contributed by atoms with van der Waals surface area (Å²) >= 11 is 0. The number of rotatable bonds is 8. The van der Waals surface area contributed by atoms with E-state index in [-0.39, 0.29) is 6.10 Å². The van der Waals surface area contributed by atoms with Gasteiger partial charge in [-0.25, -0.2) is 4.79 Å². The first-order valence-corrected chi connectivity index (χ1v) is 7.21. The highest BCUT2D eigenvalue weighted by Crippen LogP contribution is 2.23. The summed E-state index contributed by atoms with van der Waals surface area (Å²) in [5.74, 6) is -0.394. The Kier molecular flexibility index (Phi) is 7.19. The molecule has 5 nitrogen and oxygen atoms in total. The molecule has 0 aromatic heterocycles. The van der Waals surface area contributed by atoms with Gasteiger partial charge in [-0.3, -0.25) is 0 Å². The molecule has 0 saturated carbocycles. The van der Waals surface area contributed by atoms with Crippen molar-refractivity contribution in [2.75, 3.05) is 25.6 Å². The maximum Gasteiger partial charge on any atom is 0.340 e. The molecule has 0 saturated heterocycles. The van der Waals surface area contributed by atoms with E-state index in [4.69, 9.17) is 19.9 Å². The molecule has 118 valence electrons. The van der Waals surface area contributed by atoms with Crippen LogP contribution in [0.2, 0.25) is 0 Å². The van der Waals surface area contributed by atoms with Gasteiger partial charge in [0.25, 0.3) is 0 Å². The van der Waals surface area contributed by atoms with Crippen molar-refractivity contribution in [1.29, 1.82) is 0 Å². The number of ether oxygens (including phenoxy) is 3. The third kappa shape index (κ3) is 5.36. The van der Waals surface area contributed by atoms with E-state index in [1.807, 2.05) is 33.8 Å². The van der Waals surface area contributed by atoms with E-state index >= 15 is 0 Å². The minimum Gasteiger partial charge on any atom is -0.459 e. The molecule has 0 fully saturated rings. The Morgan fingerprint density at radius 2 is 1.90 bits per heavy atom. The number of esters is 1. The Hall–Kier alpha value is -1.59. The van der Waals surface area contributed by atoms with E-state index in [2.05, 4.69) is 0 Å². The zero-order valence-corrected chi connectivity index (χ0v) is 13.3. The lowest BCUT2D eigenvalue weighted by Gasteiger charge is -2.14. The summed E-state index contributed by atoms with van der Waals surface area (Å²) in [6.07, 6.45) is -0.168. The maximum absolute atomic E-state index is 11.9. The zero-order valence-electron chi connectivity index (χ0n) is 13.3. The largest absolute Gasteiger partial charge is 0.459 e. The van der Waals surface area contributed by atoms with Gasteiger partial charge in [0.05, 0.1) is 31.5 Å². The molecule has 0 aliphatic rings. The highest BCUT2D eigenvalue weighted by atomic mass is 16.5. The number of hydrogen-bond acceptors (Lipinski definition) is 5. The van der Waals surface area contributed by atoms with E-state index in [9.17, 15) is 4.79 Å². The molecule has 0 amide bonds. The third-order valence-corrected chi connectivity index (χ3v) is 3.02. The summed E-state index contributed by atoms with van der Waals surface area (Å²) in [6.45, 7) is 9.67. The topological polar surface area (TPSA) is 70.8 Å². The van der Waals surface area contributed by atoms with Gasteiger partial charge in [-0.15, -0.1) is 0 Å². The summed E-state index contributed by atoms with van der Waals surface area (Å²) in [4.78, 5) is 11.9. The van der Waals surface area contributed by atoms with Crippen molar-refractivity contribution in [3.05, 3.63) is 28.8 Å². The molecule has 1 rings (SSSR count). The molecular weight excluding hydrogens is 270 g/mol. The molecule has 0 atom stereocenters. The van der Waals surface area contributed by atoms with Crippen LogP contribution in [0.3, 0.4) is 0 Å². The predicted octanol–water partition coefficient (Wildman–Crippen LogP) is 2.70. The summed E-state index contributed by atoms with van der Waals surface area (Å²) < 4.78 is 15.9. The molecule has 0 heterocycles. The Morgan fingerprint density at radius 3 is 2.52 bits per heavy atom. The van der Waals surface area contributed by atoms with E-state index < -0.39 is 5.97 Å². The van der Waals surface area contributed by atoms with Gasteiger partial charge in [0, 0.05) is 12.3 Å². The smallest absolute Gasteiger partial charge is 0.340 e. The lowest BCUT2D eigenvalue weighted by Crippen LogP contribution is -2.15. The normalized spacial score (nSPS) is 10.9. The lowest BCUT2D eigenvalue weighted by atomic mass is 10.0. The second-order valence-corrected chi connectivity index (χ2v) is 5.01. The SMILES string of the molecule is CCOCCOCc1ccc(C(=O)OC(C)C)c(N)c1C. The number of hydrogen-bond donors (Lipinski definition) is 1. The van der Waals surface area contributed by atoms with Crippen molar-refractivity contribution in [3.63, 3.8) is 0 Å². The second-order valence-electron chi connectivity index (χ2n) is 5.01. The predicted molar refractivity (Wildman–Crippen MR) is 82.3 cm³/mol. The van der Waals surface area contributed by atoms with Gasteiger partial charge in [-0.1, -0.05) is 6.07 Å². The lowest BCUT2D eigenvalue weighted by molar-refractivity contribution is 0.0378. The highest BCUT2D eigenvalue weighted by molar-refractivity contribution is 5.96. The van der Waals surface area contributed by atoms with E-state index in [1.165, 1.54) is 0 Å². The maximum atomic E-state index is 11.9. The molecule has 1 aromatic carbocycles. The number of nitrogens with two attached hydrogens (primary N) is 1. The van der Waals surface area contributed by atoms with Crippen molar-refractivity contribution < 1.29 is 19.0 Å². The van der Waals surface area contributed by atoms with Gasteiger partial charge < -0.3 is 19.9 Å². The van der Waals surface area contributed by atoms with Crippen LogP contribution in [0.15, 0.2) is 12.1 Å². The first-order valence-electron chi connectivity index (χ1n) is 7.21. The molecular formula is C16H25NO4.